The third-order valence-corrected chi connectivity index (χ3v) is 4.31. The summed E-state index contributed by atoms with van der Waals surface area (Å²) in [5.74, 6) is 0.527. The molecule has 1 atom stereocenters. The highest BCUT2D eigenvalue weighted by atomic mass is 16.6. The summed E-state index contributed by atoms with van der Waals surface area (Å²) in [6.07, 6.45) is 0.246. The minimum atomic E-state index is -0.791. The Kier molecular flexibility index (Phi) is 4.11. The van der Waals surface area contributed by atoms with Crippen molar-refractivity contribution in [1.29, 1.82) is 0 Å². The van der Waals surface area contributed by atoms with E-state index in [1.165, 1.54) is 0 Å². The highest BCUT2D eigenvalue weighted by molar-refractivity contribution is 5.99. The zero-order valence-corrected chi connectivity index (χ0v) is 14.5. The SMILES string of the molecule is CC(C)COc1ccc([C@@H]2CC(=O)NC3=C2C(=O)OC3(C)C)cc1. The molecule has 5 nitrogen and oxygen atoms in total. The Morgan fingerprint density at radius 2 is 1.92 bits per heavy atom. The summed E-state index contributed by atoms with van der Waals surface area (Å²) in [5, 5.41) is 2.81. The number of rotatable bonds is 4. The number of hydrogen-bond donors (Lipinski definition) is 1. The summed E-state index contributed by atoms with van der Waals surface area (Å²) in [6, 6.07) is 7.61. The second-order valence-electron chi connectivity index (χ2n) is 7.27. The number of hydrogen-bond acceptors (Lipinski definition) is 4. The smallest absolute Gasteiger partial charge is 0.337 e. The first-order chi connectivity index (χ1) is 11.3. The van der Waals surface area contributed by atoms with Crippen molar-refractivity contribution in [2.24, 2.45) is 5.92 Å². The number of amides is 1. The van der Waals surface area contributed by atoms with Crippen molar-refractivity contribution in [1.82, 2.24) is 5.32 Å². The molecule has 0 radical (unpaired) electrons. The number of benzene rings is 1. The number of ether oxygens (including phenoxy) is 2. The van der Waals surface area contributed by atoms with Crippen LogP contribution in [0.25, 0.3) is 0 Å². The molecule has 0 saturated heterocycles. The molecule has 0 aliphatic carbocycles. The molecule has 0 fully saturated rings. The molecule has 1 amide bonds. The topological polar surface area (TPSA) is 64.6 Å². The lowest BCUT2D eigenvalue weighted by Gasteiger charge is -2.27. The molecule has 1 aromatic carbocycles. The molecule has 0 aromatic heterocycles. The van der Waals surface area contributed by atoms with E-state index in [0.29, 0.717) is 23.8 Å². The van der Waals surface area contributed by atoms with E-state index in [1.54, 1.807) is 13.8 Å². The van der Waals surface area contributed by atoms with Gasteiger partial charge < -0.3 is 14.8 Å². The van der Waals surface area contributed by atoms with Crippen LogP contribution in [-0.2, 0) is 14.3 Å². The van der Waals surface area contributed by atoms with Crippen LogP contribution in [0.15, 0.2) is 35.5 Å². The van der Waals surface area contributed by atoms with Gasteiger partial charge >= 0.3 is 5.97 Å². The molecule has 0 bridgehead atoms. The maximum absolute atomic E-state index is 12.3. The molecular formula is C19H23NO4. The summed E-state index contributed by atoms with van der Waals surface area (Å²) in [4.78, 5) is 24.4. The lowest BCUT2D eigenvalue weighted by molar-refractivity contribution is -0.144. The Morgan fingerprint density at radius 1 is 1.25 bits per heavy atom. The Morgan fingerprint density at radius 3 is 2.54 bits per heavy atom. The standard InChI is InChI=1S/C19H23NO4/c1-11(2)10-23-13-7-5-12(6-8-13)14-9-15(21)20-17-16(14)18(22)24-19(17,3)4/h5-8,11,14H,9-10H2,1-4H3,(H,20,21)/t14-/m0/s1. The van der Waals surface area contributed by atoms with Crippen LogP contribution in [0.5, 0.6) is 5.75 Å². The molecule has 2 aliphatic heterocycles. The summed E-state index contributed by atoms with van der Waals surface area (Å²) in [6.45, 7) is 8.42. The predicted octanol–water partition coefficient (Wildman–Crippen LogP) is 2.91. The van der Waals surface area contributed by atoms with Crippen molar-refractivity contribution in [3.63, 3.8) is 0 Å². The van der Waals surface area contributed by atoms with Gasteiger partial charge in [0.15, 0.2) is 0 Å². The van der Waals surface area contributed by atoms with Crippen molar-refractivity contribution in [2.45, 2.75) is 45.6 Å². The van der Waals surface area contributed by atoms with E-state index < -0.39 is 5.60 Å². The maximum Gasteiger partial charge on any atom is 0.337 e. The summed E-state index contributed by atoms with van der Waals surface area (Å²) in [7, 11) is 0. The van der Waals surface area contributed by atoms with Crippen LogP contribution in [0.3, 0.4) is 0 Å². The van der Waals surface area contributed by atoms with Gasteiger partial charge in [-0.05, 0) is 37.5 Å². The minimum Gasteiger partial charge on any atom is -0.493 e. The van der Waals surface area contributed by atoms with Crippen molar-refractivity contribution in [2.75, 3.05) is 6.61 Å². The van der Waals surface area contributed by atoms with E-state index in [2.05, 4.69) is 19.2 Å². The van der Waals surface area contributed by atoms with E-state index in [1.807, 2.05) is 24.3 Å². The molecule has 128 valence electrons. The van der Waals surface area contributed by atoms with Gasteiger partial charge in [-0.1, -0.05) is 26.0 Å². The van der Waals surface area contributed by atoms with Gasteiger partial charge in [-0.15, -0.1) is 0 Å². The van der Waals surface area contributed by atoms with Crippen molar-refractivity contribution in [3.8, 4) is 5.75 Å². The van der Waals surface area contributed by atoms with Crippen molar-refractivity contribution in [3.05, 3.63) is 41.1 Å². The monoisotopic (exact) mass is 329 g/mol. The van der Waals surface area contributed by atoms with Crippen LogP contribution in [0.1, 0.15) is 45.6 Å². The van der Waals surface area contributed by atoms with Gasteiger partial charge in [0.05, 0.1) is 17.9 Å². The van der Waals surface area contributed by atoms with E-state index in [4.69, 9.17) is 9.47 Å². The van der Waals surface area contributed by atoms with Gasteiger partial charge in [-0.25, -0.2) is 4.79 Å². The van der Waals surface area contributed by atoms with Gasteiger partial charge in [0.1, 0.15) is 11.4 Å². The molecule has 0 spiro atoms. The van der Waals surface area contributed by atoms with Gasteiger partial charge in [0, 0.05) is 12.3 Å². The fourth-order valence-electron chi connectivity index (χ4n) is 3.12. The van der Waals surface area contributed by atoms with E-state index in [-0.39, 0.29) is 24.2 Å². The zero-order valence-electron chi connectivity index (χ0n) is 14.5. The first-order valence-corrected chi connectivity index (χ1v) is 8.28. The molecule has 1 aromatic rings. The van der Waals surface area contributed by atoms with Crippen molar-refractivity contribution >= 4 is 11.9 Å². The third kappa shape index (κ3) is 3.03. The molecule has 0 saturated carbocycles. The Bertz CT molecular complexity index is 701. The molecule has 0 unspecified atom stereocenters. The average Bonchev–Trinajstić information content (AvgIpc) is 2.74. The fourth-order valence-corrected chi connectivity index (χ4v) is 3.12. The summed E-state index contributed by atoms with van der Waals surface area (Å²) in [5.41, 5.74) is 1.29. The summed E-state index contributed by atoms with van der Waals surface area (Å²) >= 11 is 0. The molecule has 5 heteroatoms. The van der Waals surface area contributed by atoms with Gasteiger partial charge in [-0.2, -0.15) is 0 Å². The first-order valence-electron chi connectivity index (χ1n) is 8.28. The molecular weight excluding hydrogens is 306 g/mol. The number of esters is 1. The van der Waals surface area contributed by atoms with Crippen molar-refractivity contribution < 1.29 is 19.1 Å². The molecule has 2 aliphatic rings. The zero-order chi connectivity index (χ0) is 17.5. The summed E-state index contributed by atoms with van der Waals surface area (Å²) < 4.78 is 11.1. The second kappa shape index (κ2) is 5.96. The largest absolute Gasteiger partial charge is 0.493 e. The number of carbonyl (C=O) groups excluding carboxylic acids is 2. The van der Waals surface area contributed by atoms with Crippen LogP contribution in [0.2, 0.25) is 0 Å². The first kappa shape index (κ1) is 16.6. The Labute approximate surface area is 142 Å². The van der Waals surface area contributed by atoms with Crippen LogP contribution in [0.4, 0.5) is 0 Å². The van der Waals surface area contributed by atoms with Crippen LogP contribution in [0, 0.1) is 5.92 Å². The van der Waals surface area contributed by atoms with E-state index in [0.717, 1.165) is 11.3 Å². The van der Waals surface area contributed by atoms with Gasteiger partial charge in [-0.3, -0.25) is 4.79 Å². The molecule has 3 rings (SSSR count). The number of carbonyl (C=O) groups is 2. The Hall–Kier alpha value is -2.30. The quantitative estimate of drug-likeness (QED) is 0.863. The minimum absolute atomic E-state index is 0.0924. The van der Waals surface area contributed by atoms with Gasteiger partial charge in [0.2, 0.25) is 5.91 Å². The maximum atomic E-state index is 12.3. The van der Waals surface area contributed by atoms with Crippen LogP contribution >= 0.6 is 0 Å². The van der Waals surface area contributed by atoms with Crippen LogP contribution in [-0.4, -0.2) is 24.1 Å². The second-order valence-corrected chi connectivity index (χ2v) is 7.27. The third-order valence-electron chi connectivity index (χ3n) is 4.31. The number of cyclic esters (lactones) is 1. The average molecular weight is 329 g/mol. The van der Waals surface area contributed by atoms with Gasteiger partial charge in [0.25, 0.3) is 0 Å². The number of nitrogens with one attached hydrogen (secondary N) is 1. The Balaban J connectivity index is 1.89. The molecule has 24 heavy (non-hydrogen) atoms. The normalized spacial score (nSPS) is 22.3. The molecule has 1 N–H and O–H groups in total. The molecule has 2 heterocycles. The van der Waals surface area contributed by atoms with E-state index >= 15 is 0 Å². The fraction of sp³-hybridized carbons (Fsp3) is 0.474. The lowest BCUT2D eigenvalue weighted by atomic mass is 9.83. The van der Waals surface area contributed by atoms with Crippen LogP contribution < -0.4 is 10.1 Å². The highest BCUT2D eigenvalue weighted by Crippen LogP contribution is 2.42. The predicted molar refractivity (Wildman–Crippen MR) is 89.5 cm³/mol. The lowest BCUT2D eigenvalue weighted by Crippen LogP contribution is -2.38. The van der Waals surface area contributed by atoms with E-state index in [9.17, 15) is 9.59 Å². The highest BCUT2D eigenvalue weighted by Gasteiger charge is 2.47.